The monoisotopic (exact) mass is 489 g/mol. The number of piperazine rings is 1. The van der Waals surface area contributed by atoms with Gasteiger partial charge in [-0.25, -0.2) is 18.2 Å². The number of hydrogen-bond acceptors (Lipinski definition) is 7. The van der Waals surface area contributed by atoms with E-state index >= 15 is 0 Å². The number of anilines is 4. The molecule has 10 heteroatoms. The van der Waals surface area contributed by atoms with Crippen molar-refractivity contribution in [2.75, 3.05) is 54.4 Å². The van der Waals surface area contributed by atoms with Crippen LogP contribution in [0.1, 0.15) is 13.8 Å². The number of rotatable bonds is 5. The quantitative estimate of drug-likeness (QED) is 0.527. The van der Waals surface area contributed by atoms with Gasteiger partial charge in [0.25, 0.3) is 0 Å². The fourth-order valence-corrected chi connectivity index (χ4v) is 5.16. The summed E-state index contributed by atoms with van der Waals surface area (Å²) >= 11 is 1.24. The molecule has 180 valence electrons. The van der Waals surface area contributed by atoms with Crippen LogP contribution in [0.15, 0.2) is 30.5 Å². The Kier molecular flexibility index (Phi) is 6.26. The number of nitrogens with one attached hydrogen (secondary N) is 2. The van der Waals surface area contributed by atoms with Gasteiger partial charge in [-0.1, -0.05) is 11.3 Å². The SMILES string of the molecule is CC(C)N1CCOc2c(F)cc(-c3cnc(Nc4cc(F)c(N5CCNCC5)cc4F)s3)cc21. The second kappa shape index (κ2) is 9.34. The fraction of sp³-hybridized carbons (Fsp3) is 0.375. The molecule has 2 N–H and O–H groups in total. The molecule has 3 aromatic rings. The van der Waals surface area contributed by atoms with E-state index in [2.05, 4.69) is 34.4 Å². The highest BCUT2D eigenvalue weighted by atomic mass is 32.1. The van der Waals surface area contributed by atoms with Gasteiger partial charge in [0.1, 0.15) is 18.2 Å². The lowest BCUT2D eigenvalue weighted by Gasteiger charge is -2.34. The smallest absolute Gasteiger partial charge is 0.187 e. The highest BCUT2D eigenvalue weighted by Gasteiger charge is 2.25. The normalized spacial score (nSPS) is 15.9. The van der Waals surface area contributed by atoms with Crippen LogP contribution in [0.4, 0.5) is 35.4 Å². The Morgan fingerprint density at radius 1 is 1.00 bits per heavy atom. The van der Waals surface area contributed by atoms with Gasteiger partial charge in [-0.15, -0.1) is 0 Å². The predicted molar refractivity (Wildman–Crippen MR) is 130 cm³/mol. The van der Waals surface area contributed by atoms with Gasteiger partial charge in [0.2, 0.25) is 0 Å². The summed E-state index contributed by atoms with van der Waals surface area (Å²) in [5, 5.41) is 6.45. The van der Waals surface area contributed by atoms with Crippen LogP contribution in [0.2, 0.25) is 0 Å². The average Bonchev–Trinajstić information content (AvgIpc) is 3.30. The number of ether oxygens (including phenoxy) is 1. The molecule has 0 atom stereocenters. The van der Waals surface area contributed by atoms with Gasteiger partial charge in [0.05, 0.1) is 28.5 Å². The van der Waals surface area contributed by atoms with Gasteiger partial charge in [0.15, 0.2) is 16.7 Å². The minimum atomic E-state index is -0.559. The van der Waals surface area contributed by atoms with E-state index in [1.165, 1.54) is 23.5 Å². The Hall–Kier alpha value is -2.98. The van der Waals surface area contributed by atoms with E-state index in [1.807, 2.05) is 11.0 Å². The summed E-state index contributed by atoms with van der Waals surface area (Å²) in [6.45, 7) is 7.92. The molecule has 0 unspecified atom stereocenters. The molecular formula is C24H26F3N5OS. The van der Waals surface area contributed by atoms with Gasteiger partial charge < -0.3 is 25.2 Å². The van der Waals surface area contributed by atoms with Gasteiger partial charge in [-0.05, 0) is 31.5 Å². The lowest BCUT2D eigenvalue weighted by molar-refractivity contribution is 0.287. The first-order valence-corrected chi connectivity index (χ1v) is 12.1. The highest BCUT2D eigenvalue weighted by Crippen LogP contribution is 2.41. The Labute approximate surface area is 200 Å². The van der Waals surface area contributed by atoms with Crippen LogP contribution in [-0.2, 0) is 0 Å². The summed E-state index contributed by atoms with van der Waals surface area (Å²) in [5.41, 5.74) is 1.62. The van der Waals surface area contributed by atoms with Crippen molar-refractivity contribution in [3.63, 3.8) is 0 Å². The number of fused-ring (bicyclic) bond motifs is 1. The molecule has 0 aliphatic carbocycles. The Balaban J connectivity index is 1.39. The Morgan fingerprint density at radius 3 is 2.56 bits per heavy atom. The maximum absolute atomic E-state index is 14.8. The summed E-state index contributed by atoms with van der Waals surface area (Å²) in [6.07, 6.45) is 1.60. The molecule has 3 heterocycles. The van der Waals surface area contributed by atoms with Crippen LogP contribution < -0.4 is 25.2 Å². The van der Waals surface area contributed by atoms with Gasteiger partial charge in [0, 0.05) is 50.6 Å². The van der Waals surface area contributed by atoms with Gasteiger partial charge in [-0.3, -0.25) is 0 Å². The largest absolute Gasteiger partial charge is 0.486 e. The molecule has 0 spiro atoms. The summed E-state index contributed by atoms with van der Waals surface area (Å²) in [7, 11) is 0. The molecule has 6 nitrogen and oxygen atoms in total. The summed E-state index contributed by atoms with van der Waals surface area (Å²) in [5.74, 6) is -1.23. The number of nitrogens with zero attached hydrogens (tertiary/aromatic N) is 3. The third-order valence-electron chi connectivity index (χ3n) is 6.06. The molecule has 1 aromatic heterocycles. The number of benzene rings is 2. The van der Waals surface area contributed by atoms with Gasteiger partial charge in [-0.2, -0.15) is 0 Å². The Morgan fingerprint density at radius 2 is 1.79 bits per heavy atom. The van der Waals surface area contributed by atoms with E-state index < -0.39 is 17.5 Å². The average molecular weight is 490 g/mol. The minimum absolute atomic E-state index is 0.00767. The highest BCUT2D eigenvalue weighted by molar-refractivity contribution is 7.18. The van der Waals surface area contributed by atoms with Crippen LogP contribution >= 0.6 is 11.3 Å². The molecule has 0 amide bonds. The van der Waals surface area contributed by atoms with Crippen LogP contribution in [0.5, 0.6) is 5.75 Å². The van der Waals surface area contributed by atoms with E-state index in [0.717, 1.165) is 19.2 Å². The molecule has 0 radical (unpaired) electrons. The number of hydrogen-bond donors (Lipinski definition) is 2. The van der Waals surface area contributed by atoms with Crippen molar-refractivity contribution >= 4 is 33.5 Å². The fourth-order valence-electron chi connectivity index (χ4n) is 4.34. The first-order valence-electron chi connectivity index (χ1n) is 11.3. The Bertz CT molecular complexity index is 1200. The zero-order valence-electron chi connectivity index (χ0n) is 19.0. The third-order valence-corrected chi connectivity index (χ3v) is 7.02. The second-order valence-corrected chi connectivity index (χ2v) is 9.65. The maximum Gasteiger partial charge on any atom is 0.187 e. The van der Waals surface area contributed by atoms with E-state index in [9.17, 15) is 13.2 Å². The standard InChI is InChI=1S/C24H26F3N5OS/c1-14(2)32-7-8-33-23-18(27)9-15(10-21(23)32)22-13-29-24(34-22)30-19-11-17(26)20(12-16(19)25)31-5-3-28-4-6-31/h9-14,28H,3-8H2,1-2H3,(H,29,30). The van der Waals surface area contributed by atoms with Crippen molar-refractivity contribution in [3.05, 3.63) is 47.9 Å². The lowest BCUT2D eigenvalue weighted by atomic mass is 10.1. The number of thiazole rings is 1. The summed E-state index contributed by atoms with van der Waals surface area (Å²) < 4.78 is 49.9. The zero-order chi connectivity index (χ0) is 23.8. The molecule has 1 saturated heterocycles. The van der Waals surface area contributed by atoms with E-state index in [1.54, 1.807) is 6.20 Å². The predicted octanol–water partition coefficient (Wildman–Crippen LogP) is 4.99. The molecule has 5 rings (SSSR count). The molecule has 2 aliphatic rings. The number of aromatic nitrogens is 1. The minimum Gasteiger partial charge on any atom is -0.486 e. The topological polar surface area (TPSA) is 52.7 Å². The van der Waals surface area contributed by atoms with Crippen LogP contribution in [-0.4, -0.2) is 50.4 Å². The first-order chi connectivity index (χ1) is 16.4. The van der Waals surface area contributed by atoms with Crippen LogP contribution in [0.25, 0.3) is 10.4 Å². The molecule has 2 aliphatic heterocycles. The van der Waals surface area contributed by atoms with Gasteiger partial charge >= 0.3 is 0 Å². The lowest BCUT2D eigenvalue weighted by Crippen LogP contribution is -2.43. The third kappa shape index (κ3) is 4.39. The van der Waals surface area contributed by atoms with E-state index in [-0.39, 0.29) is 23.2 Å². The molecule has 0 bridgehead atoms. The van der Waals surface area contributed by atoms with Crippen molar-refractivity contribution < 1.29 is 17.9 Å². The summed E-state index contributed by atoms with van der Waals surface area (Å²) in [4.78, 5) is 8.93. The van der Waals surface area contributed by atoms with E-state index in [4.69, 9.17) is 4.74 Å². The molecule has 34 heavy (non-hydrogen) atoms. The van der Waals surface area contributed by atoms with Crippen LogP contribution in [0, 0.1) is 17.5 Å². The first kappa shape index (κ1) is 22.8. The summed E-state index contributed by atoms with van der Waals surface area (Å²) in [6, 6.07) is 5.87. The van der Waals surface area contributed by atoms with Crippen LogP contribution in [0.3, 0.4) is 0 Å². The molecule has 1 fully saturated rings. The maximum atomic E-state index is 14.8. The van der Waals surface area contributed by atoms with Crippen molar-refractivity contribution in [3.8, 4) is 16.2 Å². The molecular weight excluding hydrogens is 463 g/mol. The van der Waals surface area contributed by atoms with Crippen molar-refractivity contribution in [1.29, 1.82) is 0 Å². The molecule has 0 saturated carbocycles. The number of halogens is 3. The van der Waals surface area contributed by atoms with Crippen molar-refractivity contribution in [2.45, 2.75) is 19.9 Å². The second-order valence-electron chi connectivity index (χ2n) is 8.62. The van der Waals surface area contributed by atoms with Crippen molar-refractivity contribution in [2.24, 2.45) is 0 Å². The zero-order valence-corrected chi connectivity index (χ0v) is 19.8. The molecule has 2 aromatic carbocycles. The van der Waals surface area contributed by atoms with Crippen molar-refractivity contribution in [1.82, 2.24) is 10.3 Å². The van der Waals surface area contributed by atoms with E-state index in [0.29, 0.717) is 47.5 Å².